The van der Waals surface area contributed by atoms with E-state index in [-0.39, 0.29) is 24.8 Å². The molecule has 2 aliphatic rings. The summed E-state index contributed by atoms with van der Waals surface area (Å²) in [6, 6.07) is 17.1. The predicted octanol–water partition coefficient (Wildman–Crippen LogP) is 4.83. The SMILES string of the molecule is CCOC(=O)C1C(=O)/C(=C/c2cn(CC(=O)N3CCCC3)c3ccccc23)SC1=Nc1ccccc1. The molecule has 8 heteroatoms. The van der Waals surface area contributed by atoms with Crippen molar-refractivity contribution < 1.29 is 19.1 Å². The van der Waals surface area contributed by atoms with Gasteiger partial charge < -0.3 is 14.2 Å². The maximum Gasteiger partial charge on any atom is 0.323 e. The summed E-state index contributed by atoms with van der Waals surface area (Å²) in [5.41, 5.74) is 2.41. The van der Waals surface area contributed by atoms with Gasteiger partial charge in [-0.1, -0.05) is 48.2 Å². The lowest BCUT2D eigenvalue weighted by Gasteiger charge is -2.15. The van der Waals surface area contributed by atoms with Crippen LogP contribution in [-0.4, -0.2) is 51.9 Å². The number of Topliss-reactive ketones (excluding diaryl/α,β-unsaturated/α-hetero) is 1. The van der Waals surface area contributed by atoms with Gasteiger partial charge in [0, 0.05) is 35.8 Å². The molecule has 1 amide bonds. The van der Waals surface area contributed by atoms with E-state index in [0.717, 1.165) is 42.4 Å². The van der Waals surface area contributed by atoms with Crippen LogP contribution >= 0.6 is 11.8 Å². The van der Waals surface area contributed by atoms with Gasteiger partial charge in [-0.05, 0) is 44.0 Å². The molecule has 5 rings (SSSR count). The molecule has 1 aromatic heterocycles. The number of hydrogen-bond donors (Lipinski definition) is 0. The number of aromatic nitrogens is 1. The van der Waals surface area contributed by atoms with E-state index >= 15 is 0 Å². The molecule has 2 aliphatic heterocycles. The lowest BCUT2D eigenvalue weighted by Crippen LogP contribution is -2.30. The number of likely N-dealkylation sites (tertiary alicyclic amines) is 1. The highest BCUT2D eigenvalue weighted by atomic mass is 32.2. The monoisotopic (exact) mass is 501 g/mol. The van der Waals surface area contributed by atoms with Gasteiger partial charge >= 0.3 is 5.97 Å². The third kappa shape index (κ3) is 4.86. The van der Waals surface area contributed by atoms with Crippen LogP contribution in [0.4, 0.5) is 5.69 Å². The molecular formula is C28H27N3O4S. The van der Waals surface area contributed by atoms with Gasteiger partial charge in [0.25, 0.3) is 0 Å². The van der Waals surface area contributed by atoms with E-state index in [2.05, 4.69) is 4.99 Å². The number of nitrogens with zero attached hydrogens (tertiary/aromatic N) is 3. The summed E-state index contributed by atoms with van der Waals surface area (Å²) in [5.74, 6) is -1.89. The number of benzene rings is 2. The lowest BCUT2D eigenvalue weighted by molar-refractivity contribution is -0.147. The highest BCUT2D eigenvalue weighted by Crippen LogP contribution is 2.39. The largest absolute Gasteiger partial charge is 0.465 e. The fourth-order valence-corrected chi connectivity index (χ4v) is 5.70. The summed E-state index contributed by atoms with van der Waals surface area (Å²) in [4.78, 5) is 45.8. The Bertz CT molecular complexity index is 1370. The van der Waals surface area contributed by atoms with E-state index in [1.54, 1.807) is 13.0 Å². The molecule has 0 aliphatic carbocycles. The Balaban J connectivity index is 1.50. The third-order valence-electron chi connectivity index (χ3n) is 6.35. The predicted molar refractivity (Wildman–Crippen MR) is 142 cm³/mol. The summed E-state index contributed by atoms with van der Waals surface area (Å²) in [6.45, 7) is 3.76. The molecule has 184 valence electrons. The van der Waals surface area contributed by atoms with Crippen LogP contribution in [0.5, 0.6) is 0 Å². The zero-order valence-electron chi connectivity index (χ0n) is 20.1. The first-order chi connectivity index (χ1) is 17.5. The second-order valence-electron chi connectivity index (χ2n) is 8.76. The maximum atomic E-state index is 13.4. The van der Waals surface area contributed by atoms with Gasteiger partial charge in [0.15, 0.2) is 11.7 Å². The van der Waals surface area contributed by atoms with E-state index < -0.39 is 11.9 Å². The number of thioether (sulfide) groups is 1. The van der Waals surface area contributed by atoms with E-state index in [0.29, 0.717) is 15.6 Å². The molecule has 3 heterocycles. The number of carbonyl (C=O) groups excluding carboxylic acids is 3. The smallest absolute Gasteiger partial charge is 0.323 e. The van der Waals surface area contributed by atoms with Gasteiger partial charge in [-0.2, -0.15) is 0 Å². The highest BCUT2D eigenvalue weighted by Gasteiger charge is 2.43. The zero-order valence-corrected chi connectivity index (χ0v) is 20.9. The first kappa shape index (κ1) is 24.1. The Labute approximate surface area is 213 Å². The minimum absolute atomic E-state index is 0.0958. The first-order valence-electron chi connectivity index (χ1n) is 12.1. The number of fused-ring (bicyclic) bond motifs is 1. The quantitative estimate of drug-likeness (QED) is 0.275. The van der Waals surface area contributed by atoms with Gasteiger partial charge in [-0.25, -0.2) is 4.99 Å². The van der Waals surface area contributed by atoms with E-state index in [4.69, 9.17) is 4.74 Å². The number of hydrogen-bond acceptors (Lipinski definition) is 6. The van der Waals surface area contributed by atoms with Crippen molar-refractivity contribution in [3.63, 3.8) is 0 Å². The Morgan fingerprint density at radius 2 is 1.81 bits per heavy atom. The number of amides is 1. The van der Waals surface area contributed by atoms with Crippen molar-refractivity contribution in [1.29, 1.82) is 0 Å². The number of esters is 1. The zero-order chi connectivity index (χ0) is 25.1. The maximum absolute atomic E-state index is 13.4. The molecule has 36 heavy (non-hydrogen) atoms. The molecule has 1 unspecified atom stereocenters. The Morgan fingerprint density at radius 3 is 2.56 bits per heavy atom. The van der Waals surface area contributed by atoms with Crippen LogP contribution in [0.25, 0.3) is 17.0 Å². The fraction of sp³-hybridized carbons (Fsp3) is 0.286. The van der Waals surface area contributed by atoms with Crippen LogP contribution in [0.15, 0.2) is 70.7 Å². The number of ether oxygens (including phenoxy) is 1. The van der Waals surface area contributed by atoms with Gasteiger partial charge in [0.2, 0.25) is 5.91 Å². The molecule has 7 nitrogen and oxygen atoms in total. The van der Waals surface area contributed by atoms with Crippen LogP contribution in [0.2, 0.25) is 0 Å². The van der Waals surface area contributed by atoms with Crippen molar-refractivity contribution in [2.75, 3.05) is 19.7 Å². The number of rotatable bonds is 6. The summed E-state index contributed by atoms with van der Waals surface area (Å²) < 4.78 is 7.14. The minimum Gasteiger partial charge on any atom is -0.465 e. The fourth-order valence-electron chi connectivity index (χ4n) is 4.60. The van der Waals surface area contributed by atoms with Crippen molar-refractivity contribution >= 4 is 57.1 Å². The Hall–Kier alpha value is -3.65. The van der Waals surface area contributed by atoms with Crippen molar-refractivity contribution in [2.45, 2.75) is 26.3 Å². The van der Waals surface area contributed by atoms with E-state index in [1.807, 2.05) is 70.3 Å². The molecular weight excluding hydrogens is 474 g/mol. The first-order valence-corrected chi connectivity index (χ1v) is 13.0. The summed E-state index contributed by atoms with van der Waals surface area (Å²) in [5, 5.41) is 1.35. The highest BCUT2D eigenvalue weighted by molar-refractivity contribution is 8.19. The number of para-hydroxylation sites is 2. The van der Waals surface area contributed by atoms with Crippen LogP contribution in [-0.2, 0) is 25.7 Å². The van der Waals surface area contributed by atoms with Crippen LogP contribution in [0.3, 0.4) is 0 Å². The molecule has 3 aromatic rings. The van der Waals surface area contributed by atoms with E-state index in [1.165, 1.54) is 11.8 Å². The summed E-state index contributed by atoms with van der Waals surface area (Å²) in [6.07, 6.45) is 5.80. The summed E-state index contributed by atoms with van der Waals surface area (Å²) in [7, 11) is 0. The van der Waals surface area contributed by atoms with Gasteiger partial charge in [0.1, 0.15) is 11.6 Å². The normalized spacial score (nSPS) is 20.1. The van der Waals surface area contributed by atoms with E-state index in [9.17, 15) is 14.4 Å². The van der Waals surface area contributed by atoms with Gasteiger partial charge in [-0.15, -0.1) is 0 Å². The average molecular weight is 502 g/mol. The van der Waals surface area contributed by atoms with Crippen molar-refractivity contribution in [2.24, 2.45) is 10.9 Å². The Kier molecular flexibility index (Phi) is 7.04. The summed E-state index contributed by atoms with van der Waals surface area (Å²) >= 11 is 1.20. The van der Waals surface area contributed by atoms with Gasteiger partial charge in [-0.3, -0.25) is 14.4 Å². The van der Waals surface area contributed by atoms with Crippen molar-refractivity contribution in [3.05, 3.63) is 71.3 Å². The standard InChI is InChI=1S/C28H27N3O4S/c1-2-35-28(34)25-26(33)23(36-27(25)29-20-10-4-3-5-11-20)16-19-17-31(22-13-7-6-12-21(19)22)18-24(32)30-14-8-9-15-30/h3-7,10-13,16-17,25H,2,8-9,14-15,18H2,1H3/b23-16-,29-27?. The third-order valence-corrected chi connectivity index (χ3v) is 7.43. The molecule has 1 atom stereocenters. The number of aliphatic imine (C=N–C) groups is 1. The molecule has 2 fully saturated rings. The second kappa shape index (κ2) is 10.5. The van der Waals surface area contributed by atoms with Crippen molar-refractivity contribution in [1.82, 2.24) is 9.47 Å². The Morgan fingerprint density at radius 1 is 1.08 bits per heavy atom. The molecule has 0 bridgehead atoms. The molecule has 0 spiro atoms. The minimum atomic E-state index is -1.08. The molecule has 0 N–H and O–H groups in total. The molecule has 2 saturated heterocycles. The average Bonchev–Trinajstić information content (AvgIpc) is 3.60. The number of ketones is 1. The number of allylic oxidation sites excluding steroid dienone is 1. The van der Waals surface area contributed by atoms with Crippen LogP contribution in [0, 0.1) is 5.92 Å². The number of carbonyl (C=O) groups is 3. The molecule has 0 radical (unpaired) electrons. The van der Waals surface area contributed by atoms with Crippen molar-refractivity contribution in [3.8, 4) is 0 Å². The van der Waals surface area contributed by atoms with Crippen LogP contribution in [0.1, 0.15) is 25.3 Å². The second-order valence-corrected chi connectivity index (χ2v) is 9.83. The lowest BCUT2D eigenvalue weighted by atomic mass is 10.0. The molecule has 2 aromatic carbocycles. The van der Waals surface area contributed by atoms with Crippen LogP contribution < -0.4 is 0 Å². The molecule has 0 saturated carbocycles. The topological polar surface area (TPSA) is 81.0 Å². The van der Waals surface area contributed by atoms with Gasteiger partial charge in [0.05, 0.1) is 17.2 Å².